The normalized spacial score (nSPS) is 19.6. The second-order valence-corrected chi connectivity index (χ2v) is 5.76. The molecule has 106 valence electrons. The van der Waals surface area contributed by atoms with Crippen molar-refractivity contribution in [3.05, 3.63) is 24.2 Å². The fourth-order valence-electron chi connectivity index (χ4n) is 2.08. The predicted octanol–water partition coefficient (Wildman–Crippen LogP) is 1.08. The molecule has 3 rings (SSSR count). The van der Waals surface area contributed by atoms with Gasteiger partial charge in [-0.2, -0.15) is 0 Å². The summed E-state index contributed by atoms with van der Waals surface area (Å²) in [6, 6.07) is 3.69. The molecule has 0 spiro atoms. The van der Waals surface area contributed by atoms with Crippen molar-refractivity contribution in [2.24, 2.45) is 0 Å². The number of thioether (sulfide) groups is 1. The topological polar surface area (TPSA) is 85.8 Å². The smallest absolute Gasteiger partial charge is 0.233 e. The first-order valence-electron chi connectivity index (χ1n) is 6.56. The molecule has 0 saturated carbocycles. The Labute approximate surface area is 120 Å². The Morgan fingerprint density at radius 2 is 2.45 bits per heavy atom. The van der Waals surface area contributed by atoms with E-state index in [0.717, 1.165) is 31.6 Å². The highest BCUT2D eigenvalue weighted by atomic mass is 32.2. The van der Waals surface area contributed by atoms with Gasteiger partial charge in [-0.1, -0.05) is 18.2 Å². The van der Waals surface area contributed by atoms with Gasteiger partial charge in [0.15, 0.2) is 0 Å². The maximum absolute atomic E-state index is 11.9. The van der Waals surface area contributed by atoms with E-state index < -0.39 is 0 Å². The number of hydrogen-bond acceptors (Lipinski definition) is 6. The molecule has 1 aliphatic rings. The first-order chi connectivity index (χ1) is 9.83. The first-order valence-corrected chi connectivity index (χ1v) is 7.44. The van der Waals surface area contributed by atoms with E-state index in [0.29, 0.717) is 11.7 Å². The third-order valence-electron chi connectivity index (χ3n) is 3.12. The van der Waals surface area contributed by atoms with E-state index in [9.17, 15) is 4.79 Å². The van der Waals surface area contributed by atoms with Crippen molar-refractivity contribution >= 4 is 17.7 Å². The number of furan rings is 1. The van der Waals surface area contributed by atoms with Gasteiger partial charge in [0.2, 0.25) is 11.1 Å². The Morgan fingerprint density at radius 1 is 1.50 bits per heavy atom. The van der Waals surface area contributed by atoms with Crippen LogP contribution in [0.1, 0.15) is 25.0 Å². The van der Waals surface area contributed by atoms with Crippen LogP contribution in [0.15, 0.2) is 28.0 Å². The number of tetrazole rings is 1. The molecule has 0 aromatic carbocycles. The average molecular weight is 293 g/mol. The van der Waals surface area contributed by atoms with Crippen molar-refractivity contribution in [3.63, 3.8) is 0 Å². The zero-order valence-corrected chi connectivity index (χ0v) is 11.7. The molecule has 7 nitrogen and oxygen atoms in total. The molecular weight excluding hydrogens is 278 g/mol. The van der Waals surface area contributed by atoms with Crippen molar-refractivity contribution in [2.45, 2.75) is 36.2 Å². The summed E-state index contributed by atoms with van der Waals surface area (Å²) in [7, 11) is 0. The molecule has 1 atom stereocenters. The number of amides is 1. The molecule has 1 aliphatic heterocycles. The fourth-order valence-corrected chi connectivity index (χ4v) is 3.12. The minimum absolute atomic E-state index is 0.0695. The molecule has 8 heteroatoms. The maximum Gasteiger partial charge on any atom is 0.233 e. The van der Waals surface area contributed by atoms with Crippen LogP contribution < -0.4 is 5.32 Å². The molecule has 0 radical (unpaired) electrons. The van der Waals surface area contributed by atoms with Crippen molar-refractivity contribution < 1.29 is 9.21 Å². The average Bonchev–Trinajstić information content (AvgIpc) is 3.05. The van der Waals surface area contributed by atoms with Gasteiger partial charge < -0.3 is 9.73 Å². The zero-order valence-electron chi connectivity index (χ0n) is 10.9. The van der Waals surface area contributed by atoms with Crippen LogP contribution in [0.3, 0.4) is 0 Å². The molecular formula is C12H15N5O2S. The number of rotatable bonds is 4. The number of nitrogens with one attached hydrogen (secondary N) is 1. The number of nitrogens with zero attached hydrogens (tertiary/aromatic N) is 4. The summed E-state index contributed by atoms with van der Waals surface area (Å²) in [5.74, 6) is 0.851. The molecule has 1 amide bonds. The van der Waals surface area contributed by atoms with Gasteiger partial charge in [0, 0.05) is 6.54 Å². The molecule has 0 aliphatic carbocycles. The van der Waals surface area contributed by atoms with Gasteiger partial charge in [-0.15, -0.1) is 5.10 Å². The Balaban J connectivity index is 1.71. The van der Waals surface area contributed by atoms with Crippen LogP contribution in [0.5, 0.6) is 0 Å². The molecule has 1 saturated heterocycles. The lowest BCUT2D eigenvalue weighted by Crippen LogP contribution is -2.30. The highest BCUT2D eigenvalue weighted by Crippen LogP contribution is 2.26. The lowest BCUT2D eigenvalue weighted by Gasteiger charge is -2.11. The van der Waals surface area contributed by atoms with Crippen LogP contribution >= 0.6 is 11.8 Å². The van der Waals surface area contributed by atoms with Gasteiger partial charge in [0.05, 0.1) is 11.5 Å². The largest absolute Gasteiger partial charge is 0.467 e. The van der Waals surface area contributed by atoms with Crippen LogP contribution in [0.2, 0.25) is 0 Å². The Morgan fingerprint density at radius 3 is 3.30 bits per heavy atom. The van der Waals surface area contributed by atoms with Gasteiger partial charge in [-0.25, -0.2) is 4.68 Å². The maximum atomic E-state index is 11.9. The predicted molar refractivity (Wildman–Crippen MR) is 72.1 cm³/mol. The Bertz CT molecular complexity index is 568. The minimum Gasteiger partial charge on any atom is -0.467 e. The van der Waals surface area contributed by atoms with E-state index in [-0.39, 0.29) is 11.2 Å². The molecule has 0 bridgehead atoms. The van der Waals surface area contributed by atoms with Gasteiger partial charge >= 0.3 is 0 Å². The number of carbonyl (C=O) groups is 1. The van der Waals surface area contributed by atoms with Gasteiger partial charge in [0.1, 0.15) is 12.3 Å². The number of aromatic nitrogens is 4. The van der Waals surface area contributed by atoms with Gasteiger partial charge in [-0.3, -0.25) is 4.79 Å². The molecule has 1 fully saturated rings. The second kappa shape index (κ2) is 6.08. The summed E-state index contributed by atoms with van der Waals surface area (Å²) in [4.78, 5) is 11.9. The van der Waals surface area contributed by atoms with Crippen molar-refractivity contribution in [3.8, 4) is 0 Å². The summed E-state index contributed by atoms with van der Waals surface area (Å²) in [6.45, 7) is 1.23. The minimum atomic E-state index is -0.126. The summed E-state index contributed by atoms with van der Waals surface area (Å²) in [6.07, 6.45) is 4.53. The van der Waals surface area contributed by atoms with Crippen LogP contribution in [0.4, 0.5) is 0 Å². The quantitative estimate of drug-likeness (QED) is 0.907. The highest BCUT2D eigenvalue weighted by molar-refractivity contribution is 8.00. The van der Waals surface area contributed by atoms with Crippen LogP contribution in [-0.2, 0) is 11.3 Å². The van der Waals surface area contributed by atoms with E-state index in [2.05, 4.69) is 20.8 Å². The molecule has 3 heterocycles. The van der Waals surface area contributed by atoms with Crippen molar-refractivity contribution in [1.82, 2.24) is 25.5 Å². The molecule has 1 N–H and O–H groups in total. The fraction of sp³-hybridized carbons (Fsp3) is 0.500. The summed E-state index contributed by atoms with van der Waals surface area (Å²) in [5, 5.41) is 15.1. The standard InChI is InChI=1S/C12H15N5O2S/c18-11-10(5-1-2-6-13-11)20-12-14-15-16-17(12)8-9-4-3-7-19-9/h3-4,7,10H,1-2,5-6,8H2,(H,13,18)/t10-/m0/s1. The van der Waals surface area contributed by atoms with E-state index >= 15 is 0 Å². The summed E-state index contributed by atoms with van der Waals surface area (Å²) < 4.78 is 6.94. The summed E-state index contributed by atoms with van der Waals surface area (Å²) >= 11 is 1.41. The molecule has 0 unspecified atom stereocenters. The van der Waals surface area contributed by atoms with Crippen LogP contribution in [-0.4, -0.2) is 37.9 Å². The monoisotopic (exact) mass is 293 g/mol. The van der Waals surface area contributed by atoms with E-state index in [1.165, 1.54) is 11.8 Å². The number of carbonyl (C=O) groups excluding carboxylic acids is 1. The van der Waals surface area contributed by atoms with E-state index in [1.807, 2.05) is 12.1 Å². The second-order valence-electron chi connectivity index (χ2n) is 4.59. The number of hydrogen-bond donors (Lipinski definition) is 1. The molecule has 20 heavy (non-hydrogen) atoms. The Hall–Kier alpha value is -1.83. The first kappa shape index (κ1) is 13.2. The van der Waals surface area contributed by atoms with Gasteiger partial charge in [0.25, 0.3) is 0 Å². The SMILES string of the molecule is O=C1NCCCC[C@@H]1Sc1nnnn1Cc1ccco1. The third-order valence-corrected chi connectivity index (χ3v) is 4.35. The van der Waals surface area contributed by atoms with E-state index in [4.69, 9.17) is 4.42 Å². The van der Waals surface area contributed by atoms with Crippen molar-refractivity contribution in [2.75, 3.05) is 6.54 Å². The molecule has 2 aromatic heterocycles. The lowest BCUT2D eigenvalue weighted by atomic mass is 10.2. The Kier molecular flexibility index (Phi) is 4.00. The van der Waals surface area contributed by atoms with Crippen LogP contribution in [0, 0.1) is 0 Å². The van der Waals surface area contributed by atoms with Gasteiger partial charge in [-0.05, 0) is 35.4 Å². The molecule has 2 aromatic rings. The third kappa shape index (κ3) is 3.01. The van der Waals surface area contributed by atoms with Crippen molar-refractivity contribution in [1.29, 1.82) is 0 Å². The lowest BCUT2D eigenvalue weighted by molar-refractivity contribution is -0.120. The highest BCUT2D eigenvalue weighted by Gasteiger charge is 2.24. The van der Waals surface area contributed by atoms with E-state index in [1.54, 1.807) is 10.9 Å². The zero-order chi connectivity index (χ0) is 13.8. The summed E-state index contributed by atoms with van der Waals surface area (Å²) in [5.41, 5.74) is 0. The van der Waals surface area contributed by atoms with Crippen LogP contribution in [0.25, 0.3) is 0 Å².